The van der Waals surface area contributed by atoms with Crippen LogP contribution in [0, 0.1) is 10.1 Å². The first-order valence-electron chi connectivity index (χ1n) is 6.27. The molecule has 0 aliphatic heterocycles. The van der Waals surface area contributed by atoms with Crippen LogP contribution in [0.1, 0.15) is 5.69 Å². The van der Waals surface area contributed by atoms with Crippen LogP contribution in [-0.2, 0) is 16.0 Å². The lowest BCUT2D eigenvalue weighted by molar-refractivity contribution is -0.384. The van der Waals surface area contributed by atoms with Crippen molar-refractivity contribution in [3.05, 3.63) is 58.4 Å². The van der Waals surface area contributed by atoms with Gasteiger partial charge in [0, 0.05) is 30.4 Å². The van der Waals surface area contributed by atoms with E-state index < -0.39 is 16.9 Å². The fourth-order valence-electron chi connectivity index (χ4n) is 2.05. The summed E-state index contributed by atoms with van der Waals surface area (Å²) in [6.45, 7) is 0. The molecule has 2 rings (SSSR count). The minimum atomic E-state index is -0.776. The monoisotopic (exact) mass is 289 g/mol. The smallest absolute Gasteiger partial charge is 0.323 e. The maximum absolute atomic E-state index is 11.4. The van der Waals surface area contributed by atoms with Crippen LogP contribution in [0.4, 0.5) is 5.69 Å². The van der Waals surface area contributed by atoms with Crippen molar-refractivity contribution >= 4 is 11.7 Å². The van der Waals surface area contributed by atoms with Crippen LogP contribution in [0.15, 0.2) is 42.6 Å². The molecule has 110 valence electrons. The van der Waals surface area contributed by atoms with Gasteiger partial charge in [-0.05, 0) is 18.2 Å². The van der Waals surface area contributed by atoms with Gasteiger partial charge in [0.05, 0.1) is 17.7 Å². The van der Waals surface area contributed by atoms with Crippen LogP contribution < -0.4 is 5.73 Å². The van der Waals surface area contributed by atoms with Crippen molar-refractivity contribution in [1.82, 2.24) is 4.57 Å². The molecule has 1 heterocycles. The highest BCUT2D eigenvalue weighted by molar-refractivity contribution is 5.75. The SMILES string of the molecule is COC(=O)C(N)Cc1cccn1-c1cccc([N+](=O)[O-])c1. The van der Waals surface area contributed by atoms with E-state index in [4.69, 9.17) is 5.73 Å². The molecule has 0 saturated heterocycles. The summed E-state index contributed by atoms with van der Waals surface area (Å²) in [4.78, 5) is 21.8. The molecule has 0 fully saturated rings. The minimum Gasteiger partial charge on any atom is -0.468 e. The molecule has 0 saturated carbocycles. The van der Waals surface area contributed by atoms with Gasteiger partial charge in [-0.2, -0.15) is 0 Å². The Balaban J connectivity index is 2.30. The second-order valence-electron chi connectivity index (χ2n) is 4.48. The van der Waals surface area contributed by atoms with Gasteiger partial charge < -0.3 is 15.0 Å². The minimum absolute atomic E-state index is 0.00409. The zero-order valence-electron chi connectivity index (χ0n) is 11.4. The number of aromatic nitrogens is 1. The lowest BCUT2D eigenvalue weighted by Crippen LogP contribution is -2.34. The number of hydrogen-bond acceptors (Lipinski definition) is 5. The summed E-state index contributed by atoms with van der Waals surface area (Å²) in [6, 6.07) is 9.07. The second kappa shape index (κ2) is 6.19. The summed E-state index contributed by atoms with van der Waals surface area (Å²) in [6.07, 6.45) is 2.04. The van der Waals surface area contributed by atoms with Crippen molar-refractivity contribution in [2.75, 3.05) is 7.11 Å². The predicted molar refractivity (Wildman–Crippen MR) is 76.1 cm³/mol. The number of hydrogen-bond donors (Lipinski definition) is 1. The normalized spacial score (nSPS) is 11.9. The number of nitro groups is 1. The van der Waals surface area contributed by atoms with Gasteiger partial charge in [-0.3, -0.25) is 14.9 Å². The Labute approximate surface area is 121 Å². The molecule has 1 unspecified atom stereocenters. The number of nitrogens with zero attached hydrogens (tertiary/aromatic N) is 2. The first-order chi connectivity index (χ1) is 10.0. The summed E-state index contributed by atoms with van der Waals surface area (Å²) in [5.74, 6) is -0.498. The van der Waals surface area contributed by atoms with Crippen LogP contribution in [0.3, 0.4) is 0 Å². The Morgan fingerprint density at radius 3 is 2.86 bits per heavy atom. The number of nitrogens with two attached hydrogens (primary N) is 1. The summed E-state index contributed by atoms with van der Waals surface area (Å²) in [5, 5.41) is 10.8. The zero-order chi connectivity index (χ0) is 15.4. The second-order valence-corrected chi connectivity index (χ2v) is 4.48. The van der Waals surface area contributed by atoms with Crippen molar-refractivity contribution in [2.45, 2.75) is 12.5 Å². The van der Waals surface area contributed by atoms with E-state index in [1.54, 1.807) is 29.0 Å². The molecule has 0 bridgehead atoms. The Hall–Kier alpha value is -2.67. The third-order valence-corrected chi connectivity index (χ3v) is 3.08. The van der Waals surface area contributed by atoms with Gasteiger partial charge in [-0.1, -0.05) is 6.07 Å². The number of carbonyl (C=O) groups excluding carboxylic acids is 1. The number of non-ortho nitro benzene ring substituents is 1. The number of ether oxygens (including phenoxy) is 1. The van der Waals surface area contributed by atoms with E-state index in [-0.39, 0.29) is 12.1 Å². The maximum Gasteiger partial charge on any atom is 0.323 e. The number of methoxy groups -OCH3 is 1. The van der Waals surface area contributed by atoms with Gasteiger partial charge in [0.25, 0.3) is 5.69 Å². The number of rotatable bonds is 5. The van der Waals surface area contributed by atoms with Crippen LogP contribution in [0.2, 0.25) is 0 Å². The molecule has 0 spiro atoms. The van der Waals surface area contributed by atoms with E-state index in [0.29, 0.717) is 5.69 Å². The standard InChI is InChI=1S/C14H15N3O4/c1-21-14(18)13(15)9-11-6-3-7-16(11)10-4-2-5-12(8-10)17(19)20/h2-8,13H,9,15H2,1H3. The van der Waals surface area contributed by atoms with Gasteiger partial charge in [-0.15, -0.1) is 0 Å². The molecule has 0 aliphatic carbocycles. The fourth-order valence-corrected chi connectivity index (χ4v) is 2.05. The van der Waals surface area contributed by atoms with E-state index in [2.05, 4.69) is 4.74 Å². The average molecular weight is 289 g/mol. The first-order valence-corrected chi connectivity index (χ1v) is 6.27. The van der Waals surface area contributed by atoms with E-state index in [0.717, 1.165) is 5.69 Å². The van der Waals surface area contributed by atoms with Crippen molar-refractivity contribution in [2.24, 2.45) is 5.73 Å². The van der Waals surface area contributed by atoms with Crippen molar-refractivity contribution in [3.63, 3.8) is 0 Å². The number of nitro benzene ring substituents is 1. The van der Waals surface area contributed by atoms with Gasteiger partial charge in [-0.25, -0.2) is 0 Å². The Kier molecular flexibility index (Phi) is 4.34. The van der Waals surface area contributed by atoms with Gasteiger partial charge in [0.15, 0.2) is 0 Å². The highest BCUT2D eigenvalue weighted by Crippen LogP contribution is 2.19. The van der Waals surface area contributed by atoms with E-state index in [1.807, 2.05) is 6.07 Å². The van der Waals surface area contributed by atoms with E-state index in [1.165, 1.54) is 19.2 Å². The molecule has 2 N–H and O–H groups in total. The molecule has 2 aromatic rings. The fraction of sp³-hybridized carbons (Fsp3) is 0.214. The van der Waals surface area contributed by atoms with Crippen molar-refractivity contribution in [1.29, 1.82) is 0 Å². The zero-order valence-corrected chi connectivity index (χ0v) is 11.4. The molecule has 21 heavy (non-hydrogen) atoms. The lowest BCUT2D eigenvalue weighted by Gasteiger charge is -2.12. The molecular formula is C14H15N3O4. The molecule has 7 nitrogen and oxygen atoms in total. The number of carbonyl (C=O) groups is 1. The lowest BCUT2D eigenvalue weighted by atomic mass is 10.1. The summed E-state index contributed by atoms with van der Waals surface area (Å²) in [5.41, 5.74) is 7.16. The third kappa shape index (κ3) is 3.26. The molecular weight excluding hydrogens is 274 g/mol. The van der Waals surface area contributed by atoms with E-state index >= 15 is 0 Å². The van der Waals surface area contributed by atoms with Crippen LogP contribution in [0.25, 0.3) is 5.69 Å². The van der Waals surface area contributed by atoms with Crippen LogP contribution in [0.5, 0.6) is 0 Å². The largest absolute Gasteiger partial charge is 0.468 e. The Bertz CT molecular complexity index is 666. The average Bonchev–Trinajstić information content (AvgIpc) is 2.94. The molecule has 1 aromatic heterocycles. The highest BCUT2D eigenvalue weighted by Gasteiger charge is 2.17. The predicted octanol–water partition coefficient (Wildman–Crippen LogP) is 1.43. The van der Waals surface area contributed by atoms with Gasteiger partial charge >= 0.3 is 5.97 Å². The third-order valence-electron chi connectivity index (χ3n) is 3.08. The van der Waals surface area contributed by atoms with Gasteiger partial charge in [0.1, 0.15) is 6.04 Å². The molecule has 1 atom stereocenters. The molecule has 0 radical (unpaired) electrons. The molecule has 0 aliphatic rings. The van der Waals surface area contributed by atoms with Crippen LogP contribution in [-0.4, -0.2) is 28.6 Å². The van der Waals surface area contributed by atoms with E-state index in [9.17, 15) is 14.9 Å². The number of benzene rings is 1. The summed E-state index contributed by atoms with van der Waals surface area (Å²) >= 11 is 0. The molecule has 1 aromatic carbocycles. The topological polar surface area (TPSA) is 100 Å². The van der Waals surface area contributed by atoms with Crippen LogP contribution >= 0.6 is 0 Å². The van der Waals surface area contributed by atoms with Crippen molar-refractivity contribution in [3.8, 4) is 5.69 Å². The molecule has 0 amide bonds. The first kappa shape index (κ1) is 14.7. The Morgan fingerprint density at radius 2 is 2.19 bits per heavy atom. The van der Waals surface area contributed by atoms with Crippen molar-refractivity contribution < 1.29 is 14.5 Å². The summed E-state index contributed by atoms with van der Waals surface area (Å²) in [7, 11) is 1.28. The maximum atomic E-state index is 11.4. The van der Waals surface area contributed by atoms with Gasteiger partial charge in [0.2, 0.25) is 0 Å². The summed E-state index contributed by atoms with van der Waals surface area (Å²) < 4.78 is 6.35. The Morgan fingerprint density at radius 1 is 1.43 bits per heavy atom. The quantitative estimate of drug-likeness (QED) is 0.510. The highest BCUT2D eigenvalue weighted by atomic mass is 16.6. The number of esters is 1. The molecule has 7 heteroatoms.